The highest BCUT2D eigenvalue weighted by molar-refractivity contribution is 7.92. The van der Waals surface area contributed by atoms with E-state index in [0.717, 1.165) is 5.56 Å². The van der Waals surface area contributed by atoms with E-state index in [1.54, 1.807) is 43.1 Å². The third kappa shape index (κ3) is 6.72. The van der Waals surface area contributed by atoms with Crippen LogP contribution in [-0.4, -0.2) is 77.7 Å². The van der Waals surface area contributed by atoms with Gasteiger partial charge in [0.15, 0.2) is 10.8 Å². The zero-order chi connectivity index (χ0) is 29.2. The number of hydrogen-bond donors (Lipinski definition) is 2. The molecule has 0 spiro atoms. The molecule has 0 saturated heterocycles. The van der Waals surface area contributed by atoms with E-state index in [2.05, 4.69) is 14.6 Å². The maximum atomic E-state index is 13.7. The molecule has 0 fully saturated rings. The number of anilines is 1. The SMILES string of the molecule is C[C@@H]1CN([C@H](C)CO)C(=O)c2cccc(NS(=O)(=O)c3cn(C)cn3)c2O[C@@H]1CN(C)Cc1ccc(Cl)c(Cl)c1. The summed E-state index contributed by atoms with van der Waals surface area (Å²) in [6.45, 7) is 4.87. The second-order valence-electron chi connectivity index (χ2n) is 10.2. The van der Waals surface area contributed by atoms with Crippen LogP contribution < -0.4 is 9.46 Å². The van der Waals surface area contributed by atoms with E-state index in [-0.39, 0.29) is 40.5 Å². The van der Waals surface area contributed by atoms with Crippen LogP contribution in [0.15, 0.2) is 53.9 Å². The average Bonchev–Trinajstić information content (AvgIpc) is 3.35. The molecule has 1 aliphatic rings. The van der Waals surface area contributed by atoms with Gasteiger partial charge in [-0.25, -0.2) is 4.98 Å². The maximum absolute atomic E-state index is 13.7. The van der Waals surface area contributed by atoms with Gasteiger partial charge in [-0.2, -0.15) is 8.42 Å². The molecule has 1 aliphatic heterocycles. The molecule has 1 aromatic heterocycles. The molecule has 0 radical (unpaired) electrons. The number of likely N-dealkylation sites (N-methyl/N-ethyl adjacent to an activating group) is 1. The third-order valence-corrected chi connectivity index (χ3v) is 8.81. The quantitative estimate of drug-likeness (QED) is 0.378. The molecule has 3 aromatic rings. The number of nitrogens with zero attached hydrogens (tertiary/aromatic N) is 4. The van der Waals surface area contributed by atoms with E-state index < -0.39 is 22.2 Å². The number of aryl methyl sites for hydroxylation is 1. The van der Waals surface area contributed by atoms with Gasteiger partial charge in [0.05, 0.1) is 40.3 Å². The number of rotatable bonds is 9. The lowest BCUT2D eigenvalue weighted by Crippen LogP contribution is -2.49. The van der Waals surface area contributed by atoms with Gasteiger partial charge in [0.2, 0.25) is 0 Å². The van der Waals surface area contributed by atoms with Crippen LogP contribution in [0.2, 0.25) is 10.0 Å². The number of hydrogen-bond acceptors (Lipinski definition) is 7. The van der Waals surface area contributed by atoms with Crippen molar-refractivity contribution in [2.24, 2.45) is 13.0 Å². The highest BCUT2D eigenvalue weighted by Crippen LogP contribution is 2.36. The molecule has 2 heterocycles. The number of aliphatic hydroxyl groups excluding tert-OH is 1. The lowest BCUT2D eigenvalue weighted by molar-refractivity contribution is 0.0344. The van der Waals surface area contributed by atoms with Gasteiger partial charge in [0.1, 0.15) is 6.10 Å². The minimum atomic E-state index is -4.06. The summed E-state index contributed by atoms with van der Waals surface area (Å²) in [6, 6.07) is 9.74. The number of halogens is 2. The summed E-state index contributed by atoms with van der Waals surface area (Å²) in [5.41, 5.74) is 1.29. The highest BCUT2D eigenvalue weighted by atomic mass is 35.5. The Morgan fingerprint density at radius 2 is 2.00 bits per heavy atom. The van der Waals surface area contributed by atoms with Crippen LogP contribution in [0.5, 0.6) is 5.75 Å². The number of benzene rings is 2. The average molecular weight is 611 g/mol. The molecule has 4 rings (SSSR count). The molecule has 0 unspecified atom stereocenters. The Kier molecular flexibility index (Phi) is 9.31. The minimum Gasteiger partial charge on any atom is -0.486 e. The molecule has 13 heteroatoms. The number of aliphatic hydroxyl groups is 1. The Balaban J connectivity index is 1.69. The van der Waals surface area contributed by atoms with E-state index in [9.17, 15) is 18.3 Å². The first-order valence-corrected chi connectivity index (χ1v) is 15.0. The molecule has 0 aliphatic carbocycles. The number of carbonyl (C=O) groups excluding carboxylic acids is 1. The number of aromatic nitrogens is 2. The van der Waals surface area contributed by atoms with Crippen LogP contribution in [0, 0.1) is 5.92 Å². The third-order valence-electron chi connectivity index (χ3n) is 6.82. The second-order valence-corrected chi connectivity index (χ2v) is 12.7. The molecular weight excluding hydrogens is 577 g/mol. The van der Waals surface area contributed by atoms with Crippen LogP contribution in [-0.2, 0) is 23.6 Å². The normalized spacial score (nSPS) is 18.6. The lowest BCUT2D eigenvalue weighted by Gasteiger charge is -2.38. The van der Waals surface area contributed by atoms with Gasteiger partial charge in [-0.3, -0.25) is 14.4 Å². The largest absolute Gasteiger partial charge is 0.486 e. The predicted octanol–water partition coefficient (Wildman–Crippen LogP) is 3.88. The van der Waals surface area contributed by atoms with Crippen molar-refractivity contribution >= 4 is 44.8 Å². The van der Waals surface area contributed by atoms with Crippen molar-refractivity contribution < 1.29 is 23.1 Å². The van der Waals surface area contributed by atoms with Crippen molar-refractivity contribution in [2.45, 2.75) is 37.6 Å². The minimum absolute atomic E-state index is 0.124. The van der Waals surface area contributed by atoms with Crippen molar-refractivity contribution in [1.29, 1.82) is 0 Å². The number of para-hydroxylation sites is 1. The first-order valence-electron chi connectivity index (χ1n) is 12.7. The van der Waals surface area contributed by atoms with E-state index in [0.29, 0.717) is 29.7 Å². The van der Waals surface area contributed by atoms with Crippen molar-refractivity contribution in [3.8, 4) is 5.75 Å². The summed E-state index contributed by atoms with van der Waals surface area (Å²) in [6.07, 6.45) is 2.34. The Labute approximate surface area is 244 Å². The van der Waals surface area contributed by atoms with E-state index in [4.69, 9.17) is 27.9 Å². The van der Waals surface area contributed by atoms with Crippen molar-refractivity contribution in [2.75, 3.05) is 31.5 Å². The van der Waals surface area contributed by atoms with Crippen LogP contribution in [0.1, 0.15) is 29.8 Å². The van der Waals surface area contributed by atoms with Crippen LogP contribution in [0.3, 0.4) is 0 Å². The summed E-state index contributed by atoms with van der Waals surface area (Å²) in [4.78, 5) is 21.3. The van der Waals surface area contributed by atoms with Gasteiger partial charge in [0, 0.05) is 38.8 Å². The fourth-order valence-corrected chi connectivity index (χ4v) is 5.95. The van der Waals surface area contributed by atoms with Gasteiger partial charge in [-0.15, -0.1) is 0 Å². The topological polar surface area (TPSA) is 117 Å². The number of carbonyl (C=O) groups is 1. The first-order chi connectivity index (χ1) is 18.9. The van der Waals surface area contributed by atoms with E-state index in [1.807, 2.05) is 26.1 Å². The Hall–Kier alpha value is -2.83. The molecule has 0 saturated carbocycles. The monoisotopic (exact) mass is 609 g/mol. The van der Waals surface area contributed by atoms with Crippen LogP contribution >= 0.6 is 23.2 Å². The lowest BCUT2D eigenvalue weighted by atomic mass is 9.99. The maximum Gasteiger partial charge on any atom is 0.281 e. The van der Waals surface area contributed by atoms with E-state index >= 15 is 0 Å². The van der Waals surface area contributed by atoms with E-state index in [1.165, 1.54) is 17.1 Å². The number of nitrogens with one attached hydrogen (secondary N) is 1. The molecular formula is C27H33Cl2N5O5S. The smallest absolute Gasteiger partial charge is 0.281 e. The van der Waals surface area contributed by atoms with Crippen molar-refractivity contribution in [1.82, 2.24) is 19.4 Å². The van der Waals surface area contributed by atoms with Gasteiger partial charge in [0.25, 0.3) is 15.9 Å². The van der Waals surface area contributed by atoms with Crippen LogP contribution in [0.25, 0.3) is 0 Å². The summed E-state index contributed by atoms with van der Waals surface area (Å²) >= 11 is 12.3. The number of sulfonamides is 1. The van der Waals surface area contributed by atoms with Crippen LogP contribution in [0.4, 0.5) is 5.69 Å². The summed E-state index contributed by atoms with van der Waals surface area (Å²) in [7, 11) is -0.454. The number of imidazole rings is 1. The fourth-order valence-electron chi connectivity index (χ4n) is 4.59. The van der Waals surface area contributed by atoms with Crippen molar-refractivity contribution in [3.05, 3.63) is 70.1 Å². The second kappa shape index (κ2) is 12.4. The van der Waals surface area contributed by atoms with Gasteiger partial charge in [-0.1, -0.05) is 42.3 Å². The van der Waals surface area contributed by atoms with Gasteiger partial charge < -0.3 is 19.3 Å². The summed E-state index contributed by atoms with van der Waals surface area (Å²) in [5.74, 6) is -0.394. The molecule has 2 aromatic carbocycles. The molecule has 0 bridgehead atoms. The standard InChI is InChI=1S/C27H33Cl2N5O5S/c1-17-11-34(18(2)15-35)27(36)20-6-5-7-23(31-40(37,38)25-14-33(4)16-30-25)26(20)39-24(17)13-32(3)12-19-8-9-21(28)22(29)10-19/h5-10,14,16-18,24,31,35H,11-13,15H2,1-4H3/t17-,18-,24-/m1/s1. The van der Waals surface area contributed by atoms with Gasteiger partial charge in [-0.05, 0) is 43.8 Å². The predicted molar refractivity (Wildman–Crippen MR) is 154 cm³/mol. The fraction of sp³-hybridized carbons (Fsp3) is 0.407. The first kappa shape index (κ1) is 30.1. The van der Waals surface area contributed by atoms with Gasteiger partial charge >= 0.3 is 0 Å². The molecule has 3 atom stereocenters. The Morgan fingerprint density at radius 1 is 1.25 bits per heavy atom. The van der Waals surface area contributed by atoms with Crippen molar-refractivity contribution in [3.63, 3.8) is 0 Å². The Morgan fingerprint density at radius 3 is 2.65 bits per heavy atom. The summed E-state index contributed by atoms with van der Waals surface area (Å²) in [5, 5.41) is 10.7. The molecule has 1 amide bonds. The number of ether oxygens (including phenoxy) is 1. The highest BCUT2D eigenvalue weighted by Gasteiger charge is 2.35. The number of amides is 1. The zero-order valence-corrected chi connectivity index (χ0v) is 25.0. The summed E-state index contributed by atoms with van der Waals surface area (Å²) < 4.78 is 36.8. The molecule has 2 N–H and O–H groups in total. The zero-order valence-electron chi connectivity index (χ0n) is 22.7. The number of fused-ring (bicyclic) bond motifs is 1. The Bertz CT molecular complexity index is 1480. The molecule has 216 valence electrons. The molecule has 40 heavy (non-hydrogen) atoms. The molecule has 10 nitrogen and oxygen atoms in total.